The summed E-state index contributed by atoms with van der Waals surface area (Å²) in [5.41, 5.74) is 3.71. The zero-order valence-corrected chi connectivity index (χ0v) is 16.2. The van der Waals surface area contributed by atoms with E-state index in [0.29, 0.717) is 6.54 Å². The van der Waals surface area contributed by atoms with Gasteiger partial charge in [0.2, 0.25) is 0 Å². The van der Waals surface area contributed by atoms with Gasteiger partial charge in [-0.25, -0.2) is 4.79 Å². The smallest absolute Gasteiger partial charge is 0.407 e. The molecule has 0 saturated heterocycles. The van der Waals surface area contributed by atoms with Gasteiger partial charge in [0.25, 0.3) is 0 Å². The maximum absolute atomic E-state index is 11.8. The van der Waals surface area contributed by atoms with E-state index in [1.54, 1.807) is 0 Å². The predicted octanol–water partition coefficient (Wildman–Crippen LogP) is 4.81. The summed E-state index contributed by atoms with van der Waals surface area (Å²) < 4.78 is 8.77. The van der Waals surface area contributed by atoms with Crippen LogP contribution in [0.2, 0.25) is 0 Å². The number of aryl methyl sites for hydroxylation is 1. The van der Waals surface area contributed by atoms with Crippen LogP contribution in [0.15, 0.2) is 22.7 Å². The van der Waals surface area contributed by atoms with Gasteiger partial charge < -0.3 is 14.6 Å². The molecule has 2 aromatic rings. The summed E-state index contributed by atoms with van der Waals surface area (Å²) in [7, 11) is 0. The molecule has 0 aliphatic heterocycles. The van der Waals surface area contributed by atoms with E-state index in [1.807, 2.05) is 20.8 Å². The summed E-state index contributed by atoms with van der Waals surface area (Å²) in [6, 6.07) is 6.50. The number of ether oxygens (including phenoxy) is 1. The Balaban J connectivity index is 1.79. The first-order valence-electron chi connectivity index (χ1n) is 8.61. The summed E-state index contributed by atoms with van der Waals surface area (Å²) in [5, 5.41) is 4.22. The highest BCUT2D eigenvalue weighted by molar-refractivity contribution is 9.10. The SMILES string of the molecule is CC(C)(C)OC(=O)NCCn1c2c(c3ccc(Br)cc31)CCCC2. The number of aromatic nitrogens is 1. The molecule has 0 saturated carbocycles. The van der Waals surface area contributed by atoms with Crippen molar-refractivity contribution < 1.29 is 9.53 Å². The van der Waals surface area contributed by atoms with Crippen LogP contribution < -0.4 is 5.32 Å². The van der Waals surface area contributed by atoms with Crippen molar-refractivity contribution in [1.82, 2.24) is 9.88 Å². The van der Waals surface area contributed by atoms with Crippen LogP contribution in [0.4, 0.5) is 4.79 Å². The molecule has 0 spiro atoms. The van der Waals surface area contributed by atoms with E-state index in [9.17, 15) is 4.79 Å². The maximum atomic E-state index is 11.8. The number of benzene rings is 1. The molecule has 0 atom stereocenters. The Hall–Kier alpha value is -1.49. The van der Waals surface area contributed by atoms with Gasteiger partial charge in [0, 0.05) is 34.2 Å². The largest absolute Gasteiger partial charge is 0.444 e. The van der Waals surface area contributed by atoms with Crippen molar-refractivity contribution in [3.05, 3.63) is 33.9 Å². The summed E-state index contributed by atoms with van der Waals surface area (Å²) in [6.45, 7) is 6.96. The normalized spacial score (nSPS) is 14.5. The van der Waals surface area contributed by atoms with Crippen molar-refractivity contribution in [3.8, 4) is 0 Å². The maximum Gasteiger partial charge on any atom is 0.407 e. The zero-order chi connectivity index (χ0) is 17.3. The number of halogens is 1. The van der Waals surface area contributed by atoms with Gasteiger partial charge in [-0.15, -0.1) is 0 Å². The number of fused-ring (bicyclic) bond motifs is 3. The van der Waals surface area contributed by atoms with Crippen molar-refractivity contribution in [3.63, 3.8) is 0 Å². The quantitative estimate of drug-likeness (QED) is 0.814. The number of carbonyl (C=O) groups is 1. The molecule has 0 fully saturated rings. The fourth-order valence-electron chi connectivity index (χ4n) is 3.45. The number of amides is 1. The first kappa shape index (κ1) is 17.3. The number of alkyl carbamates (subject to hydrolysis) is 1. The molecule has 0 unspecified atom stereocenters. The first-order chi connectivity index (χ1) is 11.3. The number of hydrogen-bond acceptors (Lipinski definition) is 2. The van der Waals surface area contributed by atoms with Crippen molar-refractivity contribution >= 4 is 32.9 Å². The van der Waals surface area contributed by atoms with E-state index >= 15 is 0 Å². The van der Waals surface area contributed by atoms with Crippen molar-refractivity contribution in [2.24, 2.45) is 0 Å². The lowest BCUT2D eigenvalue weighted by atomic mass is 9.96. The van der Waals surface area contributed by atoms with Gasteiger partial charge >= 0.3 is 6.09 Å². The van der Waals surface area contributed by atoms with E-state index in [2.05, 4.69) is 44.0 Å². The van der Waals surface area contributed by atoms with Crippen LogP contribution in [0.1, 0.15) is 44.9 Å². The van der Waals surface area contributed by atoms with Crippen LogP contribution in [0.5, 0.6) is 0 Å². The average molecular weight is 393 g/mol. The molecular weight excluding hydrogens is 368 g/mol. The third kappa shape index (κ3) is 3.77. The third-order valence-corrected chi connectivity index (χ3v) is 4.84. The molecule has 1 aromatic carbocycles. The topological polar surface area (TPSA) is 43.3 Å². The molecule has 1 aromatic heterocycles. The fourth-order valence-corrected chi connectivity index (χ4v) is 3.79. The summed E-state index contributed by atoms with van der Waals surface area (Å²) in [4.78, 5) is 11.8. The Kier molecular flexibility index (Phi) is 4.90. The predicted molar refractivity (Wildman–Crippen MR) is 101 cm³/mol. The van der Waals surface area contributed by atoms with Crippen LogP contribution in [-0.4, -0.2) is 22.8 Å². The number of rotatable bonds is 3. The Bertz CT molecular complexity index is 759. The Labute approximate surface area is 151 Å². The number of carbonyl (C=O) groups excluding carboxylic acids is 1. The van der Waals surface area contributed by atoms with Gasteiger partial charge in [0.15, 0.2) is 0 Å². The van der Waals surface area contributed by atoms with Gasteiger partial charge in [-0.2, -0.15) is 0 Å². The standard InChI is InChI=1S/C19H25BrN2O2/c1-19(2,3)24-18(23)21-10-11-22-16-7-5-4-6-14(16)15-9-8-13(20)12-17(15)22/h8-9,12H,4-7,10-11H2,1-3H3,(H,21,23). The first-order valence-corrected chi connectivity index (χ1v) is 9.41. The molecule has 24 heavy (non-hydrogen) atoms. The van der Waals surface area contributed by atoms with Crippen molar-refractivity contribution in [2.45, 2.75) is 58.6 Å². The zero-order valence-electron chi connectivity index (χ0n) is 14.6. The monoisotopic (exact) mass is 392 g/mol. The second-order valence-electron chi connectivity index (χ2n) is 7.37. The molecule has 0 radical (unpaired) electrons. The second-order valence-corrected chi connectivity index (χ2v) is 8.29. The molecule has 1 aliphatic carbocycles. The fraction of sp³-hybridized carbons (Fsp3) is 0.526. The molecule has 1 aliphatic rings. The van der Waals surface area contributed by atoms with Gasteiger partial charge in [0.05, 0.1) is 0 Å². The van der Waals surface area contributed by atoms with E-state index in [-0.39, 0.29) is 6.09 Å². The molecule has 1 amide bonds. The molecular formula is C19H25BrN2O2. The Morgan fingerprint density at radius 3 is 2.79 bits per heavy atom. The summed E-state index contributed by atoms with van der Waals surface area (Å²) >= 11 is 3.58. The highest BCUT2D eigenvalue weighted by Gasteiger charge is 2.20. The highest BCUT2D eigenvalue weighted by atomic mass is 79.9. The van der Waals surface area contributed by atoms with Crippen LogP contribution in [0.3, 0.4) is 0 Å². The van der Waals surface area contributed by atoms with Crippen LogP contribution >= 0.6 is 15.9 Å². The molecule has 0 bridgehead atoms. The van der Waals surface area contributed by atoms with Crippen molar-refractivity contribution in [1.29, 1.82) is 0 Å². The summed E-state index contributed by atoms with van der Waals surface area (Å²) in [6.07, 6.45) is 4.42. The Morgan fingerprint density at radius 2 is 2.04 bits per heavy atom. The van der Waals surface area contributed by atoms with E-state index in [1.165, 1.54) is 35.0 Å². The Morgan fingerprint density at radius 1 is 1.29 bits per heavy atom. The molecule has 4 nitrogen and oxygen atoms in total. The minimum absolute atomic E-state index is 0.353. The number of nitrogens with zero attached hydrogens (tertiary/aromatic N) is 1. The van der Waals surface area contributed by atoms with Crippen LogP contribution in [0.25, 0.3) is 10.9 Å². The molecule has 1 N–H and O–H groups in total. The minimum Gasteiger partial charge on any atom is -0.444 e. The number of nitrogens with one attached hydrogen (secondary N) is 1. The van der Waals surface area contributed by atoms with E-state index in [4.69, 9.17) is 4.74 Å². The molecule has 5 heteroatoms. The van der Waals surface area contributed by atoms with Gasteiger partial charge in [-0.05, 0) is 64.2 Å². The van der Waals surface area contributed by atoms with Gasteiger partial charge in [0.1, 0.15) is 5.60 Å². The van der Waals surface area contributed by atoms with Gasteiger partial charge in [-0.3, -0.25) is 0 Å². The molecule has 130 valence electrons. The second kappa shape index (κ2) is 6.79. The molecule has 3 rings (SSSR count). The van der Waals surface area contributed by atoms with Crippen molar-refractivity contribution in [2.75, 3.05) is 6.54 Å². The molecule has 1 heterocycles. The van der Waals surface area contributed by atoms with Crippen LogP contribution in [0, 0.1) is 0 Å². The third-order valence-electron chi connectivity index (χ3n) is 4.34. The lowest BCUT2D eigenvalue weighted by molar-refractivity contribution is 0.0526. The minimum atomic E-state index is -0.464. The average Bonchev–Trinajstić information content (AvgIpc) is 2.79. The van der Waals surface area contributed by atoms with E-state index in [0.717, 1.165) is 23.9 Å². The lowest BCUT2D eigenvalue weighted by Gasteiger charge is -2.20. The van der Waals surface area contributed by atoms with Gasteiger partial charge in [-0.1, -0.05) is 22.0 Å². The van der Waals surface area contributed by atoms with Crippen LogP contribution in [-0.2, 0) is 24.1 Å². The number of hydrogen-bond donors (Lipinski definition) is 1. The summed E-state index contributed by atoms with van der Waals surface area (Å²) in [5.74, 6) is 0. The highest BCUT2D eigenvalue weighted by Crippen LogP contribution is 2.33. The lowest BCUT2D eigenvalue weighted by Crippen LogP contribution is -2.34. The van der Waals surface area contributed by atoms with E-state index < -0.39 is 5.60 Å².